The molecule has 0 bridgehead atoms. The van der Waals surface area contributed by atoms with Crippen LogP contribution in [0.15, 0.2) is 29.1 Å². The predicted molar refractivity (Wildman–Crippen MR) is 43.5 cm³/mol. The zero-order valence-electron chi connectivity index (χ0n) is 6.71. The number of oxazole rings is 1. The number of hydrogen-bond donors (Lipinski definition) is 1. The van der Waals surface area contributed by atoms with Crippen molar-refractivity contribution >= 4 is 0 Å². The van der Waals surface area contributed by atoms with Crippen LogP contribution in [0.5, 0.6) is 0 Å². The summed E-state index contributed by atoms with van der Waals surface area (Å²) in [5.41, 5.74) is 0.745. The Morgan fingerprint density at radius 2 is 2.23 bits per heavy atom. The molecule has 0 unspecified atom stereocenters. The molecule has 0 fully saturated rings. The van der Waals surface area contributed by atoms with Crippen molar-refractivity contribution in [3.05, 3.63) is 30.4 Å². The van der Waals surface area contributed by atoms with E-state index in [4.69, 9.17) is 9.52 Å². The van der Waals surface area contributed by atoms with Crippen LogP contribution in [-0.2, 0) is 6.61 Å². The third-order valence-electron chi connectivity index (χ3n) is 1.54. The van der Waals surface area contributed by atoms with Crippen molar-refractivity contribution in [2.75, 3.05) is 0 Å². The van der Waals surface area contributed by atoms with Crippen LogP contribution in [0.1, 0.15) is 5.76 Å². The first-order chi connectivity index (χ1) is 6.40. The summed E-state index contributed by atoms with van der Waals surface area (Å²) in [7, 11) is 0. The number of aliphatic hydroxyl groups excluding tert-OH is 1. The van der Waals surface area contributed by atoms with Gasteiger partial charge in [-0.05, 0) is 6.07 Å². The van der Waals surface area contributed by atoms with Crippen molar-refractivity contribution in [1.82, 2.24) is 15.2 Å². The second-order valence-corrected chi connectivity index (χ2v) is 2.42. The normalized spacial score (nSPS) is 10.2. The van der Waals surface area contributed by atoms with Crippen molar-refractivity contribution in [2.45, 2.75) is 6.61 Å². The summed E-state index contributed by atoms with van der Waals surface area (Å²) in [5.74, 6) is 0.880. The van der Waals surface area contributed by atoms with Gasteiger partial charge in [0.25, 0.3) is 0 Å². The molecule has 0 radical (unpaired) electrons. The zero-order valence-corrected chi connectivity index (χ0v) is 6.71. The summed E-state index contributed by atoms with van der Waals surface area (Å²) in [6.07, 6.45) is 4.58. The molecule has 1 N–H and O–H groups in total. The number of aliphatic hydroxyl groups is 1. The lowest BCUT2D eigenvalue weighted by Crippen LogP contribution is -1.81. The van der Waals surface area contributed by atoms with Gasteiger partial charge in [-0.25, -0.2) is 4.98 Å². The number of nitrogens with zero attached hydrogens (tertiary/aromatic N) is 3. The Morgan fingerprint density at radius 1 is 1.31 bits per heavy atom. The van der Waals surface area contributed by atoms with E-state index in [1.54, 1.807) is 18.5 Å². The van der Waals surface area contributed by atoms with E-state index in [1.165, 1.54) is 6.20 Å². The third kappa shape index (κ3) is 1.54. The molecule has 0 aliphatic rings. The van der Waals surface area contributed by atoms with E-state index in [9.17, 15) is 0 Å². The van der Waals surface area contributed by atoms with E-state index in [-0.39, 0.29) is 6.61 Å². The minimum Gasteiger partial charge on any atom is -0.439 e. The molecule has 2 aromatic rings. The monoisotopic (exact) mass is 177 g/mol. The number of hydrogen-bond acceptors (Lipinski definition) is 5. The van der Waals surface area contributed by atoms with Crippen LogP contribution in [-0.4, -0.2) is 20.3 Å². The molecule has 13 heavy (non-hydrogen) atoms. The Kier molecular flexibility index (Phi) is 2.01. The van der Waals surface area contributed by atoms with Gasteiger partial charge in [0.1, 0.15) is 12.4 Å². The standard InChI is InChI=1S/C8H7N3O2/c12-5-7-4-9-8(13-7)6-1-2-10-11-3-6/h1-4,12H,5H2. The van der Waals surface area contributed by atoms with E-state index < -0.39 is 0 Å². The van der Waals surface area contributed by atoms with E-state index in [0.29, 0.717) is 11.7 Å². The van der Waals surface area contributed by atoms with Gasteiger partial charge >= 0.3 is 0 Å². The lowest BCUT2D eigenvalue weighted by Gasteiger charge is -1.91. The van der Waals surface area contributed by atoms with Crippen molar-refractivity contribution < 1.29 is 9.52 Å². The summed E-state index contributed by atoms with van der Waals surface area (Å²) in [5, 5.41) is 16.0. The summed E-state index contributed by atoms with van der Waals surface area (Å²) >= 11 is 0. The van der Waals surface area contributed by atoms with Gasteiger partial charge in [0.2, 0.25) is 5.89 Å². The SMILES string of the molecule is OCc1cnc(-c2ccnnc2)o1. The van der Waals surface area contributed by atoms with Gasteiger partial charge in [-0.1, -0.05) is 0 Å². The zero-order chi connectivity index (χ0) is 9.10. The van der Waals surface area contributed by atoms with E-state index in [0.717, 1.165) is 5.56 Å². The number of aromatic nitrogens is 3. The van der Waals surface area contributed by atoms with Gasteiger partial charge in [0.05, 0.1) is 24.2 Å². The van der Waals surface area contributed by atoms with Crippen molar-refractivity contribution in [1.29, 1.82) is 0 Å². The van der Waals surface area contributed by atoms with Gasteiger partial charge in [-0.2, -0.15) is 10.2 Å². The van der Waals surface area contributed by atoms with Gasteiger partial charge in [-0.15, -0.1) is 0 Å². The second kappa shape index (κ2) is 3.32. The molecular formula is C8H7N3O2. The minimum atomic E-state index is -0.147. The molecule has 2 aromatic heterocycles. The summed E-state index contributed by atoms with van der Waals surface area (Å²) in [6, 6.07) is 1.74. The van der Waals surface area contributed by atoms with Crippen LogP contribution in [0.2, 0.25) is 0 Å². The molecule has 5 heteroatoms. The van der Waals surface area contributed by atoms with Crippen molar-refractivity contribution in [3.63, 3.8) is 0 Å². The minimum absolute atomic E-state index is 0.147. The van der Waals surface area contributed by atoms with Crippen LogP contribution in [0, 0.1) is 0 Å². The Balaban J connectivity index is 2.36. The molecular weight excluding hydrogens is 170 g/mol. The largest absolute Gasteiger partial charge is 0.439 e. The molecule has 0 saturated carbocycles. The molecule has 0 aliphatic carbocycles. The highest BCUT2D eigenvalue weighted by atomic mass is 16.4. The van der Waals surface area contributed by atoms with Crippen LogP contribution >= 0.6 is 0 Å². The maximum absolute atomic E-state index is 8.74. The quantitative estimate of drug-likeness (QED) is 0.728. The molecule has 0 saturated heterocycles. The summed E-state index contributed by atoms with van der Waals surface area (Å²) in [6.45, 7) is -0.147. The maximum atomic E-state index is 8.74. The van der Waals surface area contributed by atoms with E-state index >= 15 is 0 Å². The molecule has 66 valence electrons. The second-order valence-electron chi connectivity index (χ2n) is 2.42. The maximum Gasteiger partial charge on any atom is 0.228 e. The van der Waals surface area contributed by atoms with Crippen molar-refractivity contribution in [2.24, 2.45) is 0 Å². The lowest BCUT2D eigenvalue weighted by molar-refractivity contribution is 0.248. The molecule has 0 atom stereocenters. The smallest absolute Gasteiger partial charge is 0.228 e. The Morgan fingerprint density at radius 3 is 2.85 bits per heavy atom. The van der Waals surface area contributed by atoms with E-state index in [1.807, 2.05) is 0 Å². The first-order valence-corrected chi connectivity index (χ1v) is 3.73. The first kappa shape index (κ1) is 7.88. The highest BCUT2D eigenvalue weighted by molar-refractivity contribution is 5.49. The van der Waals surface area contributed by atoms with E-state index in [2.05, 4.69) is 15.2 Å². The topological polar surface area (TPSA) is 72.0 Å². The average molecular weight is 177 g/mol. The molecule has 5 nitrogen and oxygen atoms in total. The highest BCUT2D eigenvalue weighted by Crippen LogP contribution is 2.16. The fourth-order valence-corrected chi connectivity index (χ4v) is 0.931. The van der Waals surface area contributed by atoms with Crippen LogP contribution in [0.3, 0.4) is 0 Å². The Bertz CT molecular complexity index is 385. The average Bonchev–Trinajstić information content (AvgIpc) is 2.67. The molecule has 2 rings (SSSR count). The summed E-state index contributed by atoms with van der Waals surface area (Å²) in [4.78, 5) is 3.96. The third-order valence-corrected chi connectivity index (χ3v) is 1.54. The highest BCUT2D eigenvalue weighted by Gasteiger charge is 2.04. The van der Waals surface area contributed by atoms with Crippen molar-refractivity contribution in [3.8, 4) is 11.5 Å². The van der Waals surface area contributed by atoms with Crippen LogP contribution in [0.4, 0.5) is 0 Å². The van der Waals surface area contributed by atoms with Gasteiger partial charge in [-0.3, -0.25) is 0 Å². The number of rotatable bonds is 2. The summed E-state index contributed by atoms with van der Waals surface area (Å²) < 4.78 is 5.19. The fraction of sp³-hybridized carbons (Fsp3) is 0.125. The van der Waals surface area contributed by atoms with Crippen LogP contribution in [0.25, 0.3) is 11.5 Å². The fourth-order valence-electron chi connectivity index (χ4n) is 0.931. The predicted octanol–water partition coefficient (Wildman–Crippen LogP) is 0.624. The molecule has 0 amide bonds. The van der Waals surface area contributed by atoms with Crippen LogP contribution < -0.4 is 0 Å². The van der Waals surface area contributed by atoms with Gasteiger partial charge in [0.15, 0.2) is 0 Å². The van der Waals surface area contributed by atoms with Gasteiger partial charge < -0.3 is 9.52 Å². The molecule has 0 aliphatic heterocycles. The lowest BCUT2D eigenvalue weighted by atomic mass is 10.3. The Labute approximate surface area is 74.1 Å². The molecule has 2 heterocycles. The molecule has 0 spiro atoms. The Hall–Kier alpha value is -1.75. The molecule has 0 aromatic carbocycles. The first-order valence-electron chi connectivity index (χ1n) is 3.73. The van der Waals surface area contributed by atoms with Gasteiger partial charge in [0, 0.05) is 0 Å².